The molecule has 1 unspecified atom stereocenters. The summed E-state index contributed by atoms with van der Waals surface area (Å²) < 4.78 is 33.3. The average molecular weight is 642 g/mol. The molecule has 2 saturated heterocycles. The molecule has 0 radical (unpaired) electrons. The van der Waals surface area contributed by atoms with Crippen LogP contribution in [0, 0.1) is 11.7 Å². The lowest BCUT2D eigenvalue weighted by molar-refractivity contribution is -0.117. The van der Waals surface area contributed by atoms with Gasteiger partial charge in [0.15, 0.2) is 17.3 Å². The number of fused-ring (bicyclic) bond motifs is 3. The second-order valence-corrected chi connectivity index (χ2v) is 13.1. The number of hydrogen-bond donors (Lipinski definition) is 2. The Hall–Kier alpha value is -3.79. The minimum absolute atomic E-state index is 0.0467. The maximum absolute atomic E-state index is 15.9. The molecule has 248 valence electrons. The Morgan fingerprint density at radius 3 is 2.49 bits per heavy atom. The monoisotopic (exact) mass is 641 g/mol. The van der Waals surface area contributed by atoms with E-state index in [2.05, 4.69) is 21.6 Å². The van der Waals surface area contributed by atoms with Crippen molar-refractivity contribution in [2.45, 2.75) is 50.9 Å². The van der Waals surface area contributed by atoms with Gasteiger partial charge in [-0.2, -0.15) is 0 Å². The number of ether oxygens (including phenoxy) is 3. The number of morpholine rings is 1. The maximum Gasteiger partial charge on any atom is 0.254 e. The molecule has 3 aromatic carbocycles. The highest BCUT2D eigenvalue weighted by atomic mass is 19.1. The van der Waals surface area contributed by atoms with Crippen molar-refractivity contribution in [3.8, 4) is 11.5 Å². The maximum atomic E-state index is 15.9. The molecular weight excluding hydrogens is 597 g/mol. The second kappa shape index (κ2) is 14.5. The minimum Gasteiger partial charge on any atom is -0.454 e. The molecular formula is C38H44FN3O5. The van der Waals surface area contributed by atoms with Gasteiger partial charge in [-0.05, 0) is 67.1 Å². The SMILES string of the molecule is O=C(NCCCN1CCOCC1)C1=CC2c3cc4ccccc4cc3Oc3c(NCCCCCC4CCOCC4)c(F)cc(c32)C1=O. The third kappa shape index (κ3) is 6.93. The van der Waals surface area contributed by atoms with Crippen molar-refractivity contribution >= 4 is 28.2 Å². The predicted molar refractivity (Wildman–Crippen MR) is 180 cm³/mol. The zero-order valence-electron chi connectivity index (χ0n) is 27.0. The fraction of sp³-hybridized carbons (Fsp3) is 0.474. The molecule has 8 nitrogen and oxygen atoms in total. The number of unbranched alkanes of at least 4 members (excludes halogenated alkanes) is 2. The average Bonchev–Trinajstić information content (AvgIpc) is 3.10. The Labute approximate surface area is 275 Å². The Balaban J connectivity index is 1.11. The summed E-state index contributed by atoms with van der Waals surface area (Å²) in [6, 6.07) is 13.3. The normalized spacial score (nSPS) is 19.5. The minimum atomic E-state index is -0.551. The Morgan fingerprint density at radius 2 is 1.68 bits per heavy atom. The van der Waals surface area contributed by atoms with Crippen molar-refractivity contribution in [2.24, 2.45) is 5.92 Å². The van der Waals surface area contributed by atoms with Gasteiger partial charge in [-0.3, -0.25) is 14.5 Å². The van der Waals surface area contributed by atoms with Crippen LogP contribution in [0.4, 0.5) is 10.1 Å². The van der Waals surface area contributed by atoms with Gasteiger partial charge in [0.25, 0.3) is 5.91 Å². The van der Waals surface area contributed by atoms with E-state index in [1.807, 2.05) is 30.3 Å². The fourth-order valence-corrected chi connectivity index (χ4v) is 7.39. The van der Waals surface area contributed by atoms with Crippen LogP contribution in [0.5, 0.6) is 11.5 Å². The van der Waals surface area contributed by atoms with Crippen molar-refractivity contribution in [2.75, 3.05) is 64.5 Å². The number of amides is 1. The van der Waals surface area contributed by atoms with Crippen molar-refractivity contribution in [3.63, 3.8) is 0 Å². The summed E-state index contributed by atoms with van der Waals surface area (Å²) in [6.45, 7) is 6.83. The first kappa shape index (κ1) is 31.8. The highest BCUT2D eigenvalue weighted by Crippen LogP contribution is 2.53. The van der Waals surface area contributed by atoms with Gasteiger partial charge < -0.3 is 24.8 Å². The summed E-state index contributed by atoms with van der Waals surface area (Å²) >= 11 is 0. The summed E-state index contributed by atoms with van der Waals surface area (Å²) in [6.07, 6.45) is 9.09. The van der Waals surface area contributed by atoms with E-state index < -0.39 is 23.4 Å². The van der Waals surface area contributed by atoms with Gasteiger partial charge in [0.2, 0.25) is 0 Å². The fourth-order valence-electron chi connectivity index (χ4n) is 7.39. The van der Waals surface area contributed by atoms with E-state index in [0.29, 0.717) is 30.2 Å². The number of Topliss-reactive ketones (excluding diaryl/α,β-unsaturated/α-hetero) is 1. The summed E-state index contributed by atoms with van der Waals surface area (Å²) in [5.41, 5.74) is 1.97. The number of halogens is 1. The molecule has 1 aliphatic carbocycles. The second-order valence-electron chi connectivity index (χ2n) is 13.1. The van der Waals surface area contributed by atoms with Crippen molar-refractivity contribution in [1.82, 2.24) is 10.2 Å². The Bertz CT molecular complexity index is 1660. The summed E-state index contributed by atoms with van der Waals surface area (Å²) in [5.74, 6) is -0.202. The number of benzene rings is 3. The molecule has 4 aliphatic rings. The summed E-state index contributed by atoms with van der Waals surface area (Å²) in [7, 11) is 0. The smallest absolute Gasteiger partial charge is 0.254 e. The first-order valence-corrected chi connectivity index (χ1v) is 17.3. The lowest BCUT2D eigenvalue weighted by Gasteiger charge is -2.33. The molecule has 1 amide bonds. The number of allylic oxidation sites excluding steroid dienone is 1. The third-order valence-corrected chi connectivity index (χ3v) is 10.0. The van der Waals surface area contributed by atoms with Gasteiger partial charge >= 0.3 is 0 Å². The van der Waals surface area contributed by atoms with Gasteiger partial charge in [0.1, 0.15) is 11.4 Å². The van der Waals surface area contributed by atoms with Gasteiger partial charge in [0.05, 0.1) is 18.8 Å². The number of anilines is 1. The first-order chi connectivity index (χ1) is 23.1. The van der Waals surface area contributed by atoms with Gasteiger partial charge in [-0.1, -0.05) is 49.6 Å². The Kier molecular flexibility index (Phi) is 9.84. The molecule has 3 aromatic rings. The van der Waals surface area contributed by atoms with E-state index >= 15 is 4.39 Å². The van der Waals surface area contributed by atoms with Gasteiger partial charge in [-0.15, -0.1) is 0 Å². The molecule has 3 aliphatic heterocycles. The Morgan fingerprint density at radius 1 is 0.915 bits per heavy atom. The van der Waals surface area contributed by atoms with Crippen LogP contribution in [0.1, 0.15) is 72.3 Å². The van der Waals surface area contributed by atoms with Crippen molar-refractivity contribution in [1.29, 1.82) is 0 Å². The highest BCUT2D eigenvalue weighted by molar-refractivity contribution is 6.27. The van der Waals surface area contributed by atoms with Crippen molar-refractivity contribution < 1.29 is 28.2 Å². The van der Waals surface area contributed by atoms with E-state index in [9.17, 15) is 9.59 Å². The predicted octanol–water partition coefficient (Wildman–Crippen LogP) is 6.58. The number of rotatable bonds is 12. The zero-order chi connectivity index (χ0) is 32.2. The van der Waals surface area contributed by atoms with E-state index in [-0.39, 0.29) is 16.8 Å². The van der Waals surface area contributed by atoms with Crippen LogP contribution < -0.4 is 15.4 Å². The molecule has 2 fully saturated rings. The van der Waals surface area contributed by atoms with Gasteiger partial charge in [-0.25, -0.2) is 4.39 Å². The molecule has 0 aromatic heterocycles. The number of nitrogens with one attached hydrogen (secondary N) is 2. The van der Waals surface area contributed by atoms with Crippen molar-refractivity contribution in [3.05, 3.63) is 76.6 Å². The third-order valence-electron chi connectivity index (χ3n) is 10.0. The molecule has 9 heteroatoms. The number of nitrogens with zero attached hydrogens (tertiary/aromatic N) is 1. The lowest BCUT2D eigenvalue weighted by atomic mass is 9.76. The number of carbonyl (C=O) groups is 2. The number of carbonyl (C=O) groups excluding carboxylic acids is 2. The van der Waals surface area contributed by atoms with E-state index in [1.165, 1.54) is 12.5 Å². The zero-order valence-corrected chi connectivity index (χ0v) is 27.0. The topological polar surface area (TPSA) is 89.1 Å². The number of ketones is 1. The summed E-state index contributed by atoms with van der Waals surface area (Å²) in [5, 5.41) is 8.28. The van der Waals surface area contributed by atoms with Crippen LogP contribution in [0.3, 0.4) is 0 Å². The van der Waals surface area contributed by atoms with Crippen LogP contribution in [0.2, 0.25) is 0 Å². The lowest BCUT2D eigenvalue weighted by Crippen LogP contribution is -2.38. The van der Waals surface area contributed by atoms with E-state index in [1.54, 1.807) is 6.08 Å². The van der Waals surface area contributed by atoms with Crippen LogP contribution >= 0.6 is 0 Å². The molecule has 3 heterocycles. The van der Waals surface area contributed by atoms with Crippen LogP contribution in [-0.2, 0) is 14.3 Å². The molecule has 0 bridgehead atoms. The van der Waals surface area contributed by atoms with Gasteiger partial charge in [0, 0.05) is 62.0 Å². The standard InChI is InChI=1S/C38H44FN3O5/c39-32-24-30-34-29(23-31(36(30)43)38(44)41-13-6-14-42-15-19-46-20-16-42)28-21-26-8-3-4-9-27(26)22-33(28)47-37(34)35(32)40-12-5-1-2-7-25-10-17-45-18-11-25/h3-4,8-9,21-25,29,40H,1-2,5-7,10-20H2,(H,41,44). The van der Waals surface area contributed by atoms with Crippen LogP contribution in [-0.4, -0.2) is 75.7 Å². The quantitative estimate of drug-likeness (QED) is 0.171. The van der Waals surface area contributed by atoms with E-state index in [0.717, 1.165) is 107 Å². The van der Waals surface area contributed by atoms with E-state index in [4.69, 9.17) is 14.2 Å². The van der Waals surface area contributed by atoms with Crippen LogP contribution in [0.25, 0.3) is 10.8 Å². The van der Waals surface area contributed by atoms with Crippen LogP contribution in [0.15, 0.2) is 54.1 Å². The number of hydrogen-bond acceptors (Lipinski definition) is 7. The molecule has 7 rings (SSSR count). The molecule has 1 atom stereocenters. The molecule has 0 saturated carbocycles. The highest BCUT2D eigenvalue weighted by Gasteiger charge is 2.40. The molecule has 0 spiro atoms. The largest absolute Gasteiger partial charge is 0.454 e. The summed E-state index contributed by atoms with van der Waals surface area (Å²) in [4.78, 5) is 29.6. The first-order valence-electron chi connectivity index (χ1n) is 17.3. The molecule has 2 N–H and O–H groups in total. The molecule has 47 heavy (non-hydrogen) atoms.